The lowest BCUT2D eigenvalue weighted by Crippen LogP contribution is -1.80. The Morgan fingerprint density at radius 3 is 1.60 bits per heavy atom. The largest absolute Gasteiger partial charge is 0.142 e. The van der Waals surface area contributed by atoms with E-state index in [1.54, 1.807) is 0 Å². The Balaban J connectivity index is 3.28. The predicted molar refractivity (Wildman–Crippen MR) is 66.4 cm³/mol. The highest BCUT2D eigenvalue weighted by molar-refractivity contribution is 14.1. The molecule has 0 aromatic heterocycles. The number of hydrogen-bond acceptors (Lipinski definition) is 2. The van der Waals surface area contributed by atoms with Gasteiger partial charge in [-0.15, -0.1) is 25.3 Å². The SMILES string of the molecule is Sc1cc(S)c(I)cc1I. The van der Waals surface area contributed by atoms with Gasteiger partial charge in [0.1, 0.15) is 0 Å². The molecular formula is C6H4I2S2. The topological polar surface area (TPSA) is 0 Å². The average Bonchev–Trinajstić information content (AvgIpc) is 1.84. The number of hydrogen-bond donors (Lipinski definition) is 2. The van der Waals surface area contributed by atoms with Crippen LogP contribution in [0.3, 0.4) is 0 Å². The predicted octanol–water partition coefficient (Wildman–Crippen LogP) is 3.47. The van der Waals surface area contributed by atoms with Crippen LogP contribution in [0, 0.1) is 7.14 Å². The van der Waals surface area contributed by atoms with Crippen molar-refractivity contribution < 1.29 is 0 Å². The molecule has 0 radical (unpaired) electrons. The first-order chi connectivity index (χ1) is 4.61. The molecule has 0 heterocycles. The summed E-state index contributed by atoms with van der Waals surface area (Å²) in [5.74, 6) is 0. The van der Waals surface area contributed by atoms with Gasteiger partial charge in [0.15, 0.2) is 0 Å². The summed E-state index contributed by atoms with van der Waals surface area (Å²) in [5.41, 5.74) is 0. The molecule has 54 valence electrons. The summed E-state index contributed by atoms with van der Waals surface area (Å²) in [4.78, 5) is 1.98. The minimum atomic E-state index is 0.992. The molecule has 1 rings (SSSR count). The molecule has 0 fully saturated rings. The molecule has 0 amide bonds. The molecule has 0 unspecified atom stereocenters. The van der Waals surface area contributed by atoms with Crippen molar-refractivity contribution in [2.45, 2.75) is 9.79 Å². The fourth-order valence-electron chi connectivity index (χ4n) is 0.527. The van der Waals surface area contributed by atoms with Crippen LogP contribution in [0.1, 0.15) is 0 Å². The third kappa shape index (κ3) is 2.18. The summed E-state index contributed by atoms with van der Waals surface area (Å²) >= 11 is 13.0. The summed E-state index contributed by atoms with van der Waals surface area (Å²) in [7, 11) is 0. The van der Waals surface area contributed by atoms with Crippen molar-refractivity contribution in [1.82, 2.24) is 0 Å². The molecule has 0 bridgehead atoms. The van der Waals surface area contributed by atoms with Crippen molar-refractivity contribution in [3.63, 3.8) is 0 Å². The second-order valence-electron chi connectivity index (χ2n) is 1.76. The van der Waals surface area contributed by atoms with Gasteiger partial charge in [-0.1, -0.05) is 0 Å². The van der Waals surface area contributed by atoms with Crippen molar-refractivity contribution in [1.29, 1.82) is 0 Å². The zero-order chi connectivity index (χ0) is 7.72. The van der Waals surface area contributed by atoms with Crippen molar-refractivity contribution in [2.24, 2.45) is 0 Å². The molecule has 1 aromatic rings. The zero-order valence-corrected chi connectivity index (χ0v) is 10.9. The van der Waals surface area contributed by atoms with Crippen LogP contribution >= 0.6 is 70.4 Å². The first-order valence-corrected chi connectivity index (χ1v) is 5.53. The van der Waals surface area contributed by atoms with Gasteiger partial charge in [-0.05, 0) is 57.3 Å². The van der Waals surface area contributed by atoms with E-state index in [9.17, 15) is 0 Å². The van der Waals surface area contributed by atoms with Gasteiger partial charge in [0.05, 0.1) is 0 Å². The van der Waals surface area contributed by atoms with Gasteiger partial charge >= 0.3 is 0 Å². The maximum Gasteiger partial charge on any atom is 0.0275 e. The van der Waals surface area contributed by atoms with E-state index in [0.717, 1.165) is 9.79 Å². The molecule has 0 saturated heterocycles. The van der Waals surface area contributed by atoms with Gasteiger partial charge in [0, 0.05) is 16.9 Å². The Hall–Kier alpha value is 1.38. The number of thiol groups is 2. The molecule has 10 heavy (non-hydrogen) atoms. The monoisotopic (exact) mass is 394 g/mol. The highest BCUT2D eigenvalue weighted by Crippen LogP contribution is 2.24. The molecule has 0 atom stereocenters. The molecule has 0 saturated carbocycles. The van der Waals surface area contributed by atoms with Crippen molar-refractivity contribution in [2.75, 3.05) is 0 Å². The maximum absolute atomic E-state index is 4.26. The third-order valence-corrected chi connectivity index (χ3v) is 4.39. The van der Waals surface area contributed by atoms with Gasteiger partial charge in [-0.25, -0.2) is 0 Å². The molecule has 1 aromatic carbocycles. The summed E-state index contributed by atoms with van der Waals surface area (Å²) in [6.07, 6.45) is 0. The van der Waals surface area contributed by atoms with Crippen LogP contribution < -0.4 is 0 Å². The van der Waals surface area contributed by atoms with Crippen LogP contribution in [-0.4, -0.2) is 0 Å². The smallest absolute Gasteiger partial charge is 0.0275 e. The summed E-state index contributed by atoms with van der Waals surface area (Å²) in [5, 5.41) is 0. The summed E-state index contributed by atoms with van der Waals surface area (Å²) < 4.78 is 2.34. The van der Waals surface area contributed by atoms with E-state index in [4.69, 9.17) is 0 Å². The molecule has 0 spiro atoms. The van der Waals surface area contributed by atoms with Gasteiger partial charge < -0.3 is 0 Å². The molecule has 0 nitrogen and oxygen atoms in total. The minimum absolute atomic E-state index is 0.992. The fourth-order valence-corrected chi connectivity index (χ4v) is 2.55. The Kier molecular flexibility index (Phi) is 3.66. The Morgan fingerprint density at radius 2 is 1.30 bits per heavy atom. The van der Waals surface area contributed by atoms with Gasteiger partial charge in [-0.2, -0.15) is 0 Å². The van der Waals surface area contributed by atoms with E-state index < -0.39 is 0 Å². The Morgan fingerprint density at radius 1 is 0.900 bits per heavy atom. The molecule has 0 N–H and O–H groups in total. The van der Waals surface area contributed by atoms with E-state index in [2.05, 4.69) is 76.5 Å². The fraction of sp³-hybridized carbons (Fsp3) is 0. The van der Waals surface area contributed by atoms with Crippen molar-refractivity contribution in [3.05, 3.63) is 19.3 Å². The van der Waals surface area contributed by atoms with Gasteiger partial charge in [0.25, 0.3) is 0 Å². The molecule has 0 aliphatic heterocycles. The van der Waals surface area contributed by atoms with E-state index in [-0.39, 0.29) is 0 Å². The second kappa shape index (κ2) is 3.86. The Bertz CT molecular complexity index is 210. The van der Waals surface area contributed by atoms with Gasteiger partial charge in [0.2, 0.25) is 0 Å². The number of rotatable bonds is 0. The van der Waals surface area contributed by atoms with E-state index >= 15 is 0 Å². The lowest BCUT2D eigenvalue weighted by molar-refractivity contribution is 1.27. The standard InChI is InChI=1S/C6H4I2S2/c7-3-1-4(8)6(10)2-5(3)9/h1-2,9-10H. The molecule has 4 heteroatoms. The van der Waals surface area contributed by atoms with Crippen LogP contribution in [0.5, 0.6) is 0 Å². The lowest BCUT2D eigenvalue weighted by Gasteiger charge is -2.00. The van der Waals surface area contributed by atoms with Crippen LogP contribution in [-0.2, 0) is 0 Å². The van der Waals surface area contributed by atoms with Crippen LogP contribution in [0.2, 0.25) is 0 Å². The van der Waals surface area contributed by atoms with Crippen LogP contribution in [0.15, 0.2) is 21.9 Å². The zero-order valence-electron chi connectivity index (χ0n) is 4.81. The van der Waals surface area contributed by atoms with E-state index in [0.29, 0.717) is 0 Å². The normalized spacial score (nSPS) is 10.0. The number of benzene rings is 1. The summed E-state index contributed by atoms with van der Waals surface area (Å²) in [6.45, 7) is 0. The Labute approximate surface area is 98.3 Å². The highest BCUT2D eigenvalue weighted by atomic mass is 127. The van der Waals surface area contributed by atoms with E-state index in [1.807, 2.05) is 6.07 Å². The quantitative estimate of drug-likeness (QED) is 0.489. The maximum atomic E-state index is 4.26. The molecule has 0 aliphatic rings. The first-order valence-electron chi connectivity index (χ1n) is 2.48. The lowest BCUT2D eigenvalue weighted by atomic mass is 10.4. The van der Waals surface area contributed by atoms with E-state index in [1.165, 1.54) is 7.14 Å². The third-order valence-electron chi connectivity index (χ3n) is 1.02. The van der Waals surface area contributed by atoms with Crippen LogP contribution in [0.4, 0.5) is 0 Å². The molecular weight excluding hydrogens is 390 g/mol. The summed E-state index contributed by atoms with van der Waals surface area (Å²) in [6, 6.07) is 4.02. The van der Waals surface area contributed by atoms with Crippen molar-refractivity contribution >= 4 is 70.4 Å². The average molecular weight is 394 g/mol. The van der Waals surface area contributed by atoms with Crippen LogP contribution in [0.25, 0.3) is 0 Å². The second-order valence-corrected chi connectivity index (χ2v) is 5.04. The first kappa shape index (κ1) is 9.47. The van der Waals surface area contributed by atoms with Gasteiger partial charge in [-0.3, -0.25) is 0 Å². The van der Waals surface area contributed by atoms with Crippen molar-refractivity contribution in [3.8, 4) is 0 Å². The minimum Gasteiger partial charge on any atom is -0.142 e. The highest BCUT2D eigenvalue weighted by Gasteiger charge is 1.99. The number of halogens is 2. The molecule has 0 aliphatic carbocycles.